The average molecular weight is 464 g/mol. The summed E-state index contributed by atoms with van der Waals surface area (Å²) in [5.41, 5.74) is 6.91. The third kappa shape index (κ3) is 5.64. The molecule has 3 aromatic rings. The topological polar surface area (TPSA) is 70.6 Å². The van der Waals surface area contributed by atoms with Crippen molar-refractivity contribution >= 4 is 39.6 Å². The van der Waals surface area contributed by atoms with Gasteiger partial charge >= 0.3 is 0 Å². The molecule has 0 aliphatic rings. The number of anilines is 1. The molecule has 0 saturated carbocycles. The zero-order chi connectivity index (χ0) is 21.5. The van der Waals surface area contributed by atoms with Crippen LogP contribution in [0.25, 0.3) is 0 Å². The van der Waals surface area contributed by atoms with Crippen molar-refractivity contribution in [2.24, 2.45) is 5.10 Å². The normalized spacial score (nSPS) is 10.8. The van der Waals surface area contributed by atoms with Crippen LogP contribution in [-0.2, 0) is 6.42 Å². The minimum Gasteiger partial charge on any atom is -0.321 e. The van der Waals surface area contributed by atoms with Gasteiger partial charge in [-0.1, -0.05) is 64.8 Å². The summed E-state index contributed by atoms with van der Waals surface area (Å²) < 4.78 is 0.723. The molecule has 0 fully saturated rings. The fourth-order valence-electron chi connectivity index (χ4n) is 2.88. The van der Waals surface area contributed by atoms with Crippen molar-refractivity contribution < 1.29 is 9.59 Å². The van der Waals surface area contributed by atoms with Crippen LogP contribution in [0.4, 0.5) is 5.69 Å². The molecule has 0 bridgehead atoms. The highest BCUT2D eigenvalue weighted by Crippen LogP contribution is 2.22. The standard InChI is InChI=1S/C24H22BrN3O2/c1-3-17-7-9-19(10-8-17)23(29)27-22-12-11-20(25)14-21(22)24(30)28-26-15-18-6-4-5-16(2)13-18/h4-15H,3H2,1-2H3,(H,27,29)(H,28,30)/b26-15+. The summed E-state index contributed by atoms with van der Waals surface area (Å²) in [4.78, 5) is 25.3. The molecule has 30 heavy (non-hydrogen) atoms. The fourth-order valence-corrected chi connectivity index (χ4v) is 3.24. The number of benzene rings is 3. The number of nitrogens with zero attached hydrogens (tertiary/aromatic N) is 1. The number of hydrazone groups is 1. The molecule has 0 aromatic heterocycles. The number of rotatable bonds is 6. The number of hydrogen-bond acceptors (Lipinski definition) is 3. The van der Waals surface area contributed by atoms with Crippen LogP contribution in [0.3, 0.4) is 0 Å². The molecule has 0 radical (unpaired) electrons. The van der Waals surface area contributed by atoms with E-state index in [0.29, 0.717) is 16.8 Å². The van der Waals surface area contributed by atoms with E-state index in [1.165, 1.54) is 0 Å². The Morgan fingerprint density at radius 1 is 1.00 bits per heavy atom. The zero-order valence-electron chi connectivity index (χ0n) is 16.8. The van der Waals surface area contributed by atoms with Gasteiger partial charge in [0.1, 0.15) is 0 Å². The van der Waals surface area contributed by atoms with Crippen molar-refractivity contribution in [2.75, 3.05) is 5.32 Å². The molecule has 6 heteroatoms. The van der Waals surface area contributed by atoms with Crippen LogP contribution in [0.2, 0.25) is 0 Å². The Morgan fingerprint density at radius 3 is 2.47 bits per heavy atom. The lowest BCUT2D eigenvalue weighted by Gasteiger charge is -2.11. The maximum atomic E-state index is 12.7. The molecule has 3 rings (SSSR count). The van der Waals surface area contributed by atoms with E-state index in [0.717, 1.165) is 27.6 Å². The van der Waals surface area contributed by atoms with Crippen molar-refractivity contribution in [3.63, 3.8) is 0 Å². The molecule has 0 aliphatic heterocycles. The van der Waals surface area contributed by atoms with E-state index in [1.807, 2.05) is 43.3 Å². The summed E-state index contributed by atoms with van der Waals surface area (Å²) in [6.07, 6.45) is 2.48. The Bertz CT molecular complexity index is 1090. The minimum absolute atomic E-state index is 0.280. The summed E-state index contributed by atoms with van der Waals surface area (Å²) in [6.45, 7) is 4.05. The first-order valence-corrected chi connectivity index (χ1v) is 10.4. The summed E-state index contributed by atoms with van der Waals surface area (Å²) in [5.74, 6) is -0.700. The number of aryl methyl sites for hydroxylation is 2. The lowest BCUT2D eigenvalue weighted by atomic mass is 10.1. The molecular weight excluding hydrogens is 442 g/mol. The summed E-state index contributed by atoms with van der Waals surface area (Å²) in [5, 5.41) is 6.85. The third-order valence-electron chi connectivity index (χ3n) is 4.52. The Morgan fingerprint density at radius 2 is 1.77 bits per heavy atom. The van der Waals surface area contributed by atoms with E-state index in [1.54, 1.807) is 36.5 Å². The molecule has 5 nitrogen and oxygen atoms in total. The van der Waals surface area contributed by atoms with Crippen molar-refractivity contribution in [3.05, 3.63) is 99.0 Å². The molecule has 0 saturated heterocycles. The number of carbonyl (C=O) groups excluding carboxylic acids is 2. The Balaban J connectivity index is 1.75. The van der Waals surface area contributed by atoms with Crippen LogP contribution >= 0.6 is 15.9 Å². The zero-order valence-corrected chi connectivity index (χ0v) is 18.4. The molecule has 152 valence electrons. The summed E-state index contributed by atoms with van der Waals surface area (Å²) in [6, 6.07) is 20.3. The highest BCUT2D eigenvalue weighted by atomic mass is 79.9. The molecule has 0 unspecified atom stereocenters. The first kappa shape index (κ1) is 21.5. The van der Waals surface area contributed by atoms with Gasteiger partial charge in [-0.3, -0.25) is 9.59 Å². The maximum Gasteiger partial charge on any atom is 0.273 e. The quantitative estimate of drug-likeness (QED) is 0.382. The van der Waals surface area contributed by atoms with Crippen molar-refractivity contribution in [2.45, 2.75) is 20.3 Å². The predicted molar refractivity (Wildman–Crippen MR) is 124 cm³/mol. The van der Waals surface area contributed by atoms with Gasteiger partial charge < -0.3 is 5.32 Å². The Labute approximate surface area is 184 Å². The van der Waals surface area contributed by atoms with Gasteiger partial charge in [0, 0.05) is 10.0 Å². The Hall–Kier alpha value is -3.25. The second-order valence-corrected chi connectivity index (χ2v) is 7.72. The van der Waals surface area contributed by atoms with Crippen LogP contribution in [0, 0.1) is 6.92 Å². The first-order chi connectivity index (χ1) is 14.5. The molecule has 0 aliphatic carbocycles. The fraction of sp³-hybridized carbons (Fsp3) is 0.125. The van der Waals surface area contributed by atoms with Gasteiger partial charge in [-0.05, 0) is 54.8 Å². The van der Waals surface area contributed by atoms with E-state index in [2.05, 4.69) is 38.7 Å². The predicted octanol–water partition coefficient (Wildman–Crippen LogP) is 5.34. The van der Waals surface area contributed by atoms with Gasteiger partial charge in [-0.2, -0.15) is 5.10 Å². The van der Waals surface area contributed by atoms with E-state index >= 15 is 0 Å². The molecule has 3 aromatic carbocycles. The molecule has 0 spiro atoms. The third-order valence-corrected chi connectivity index (χ3v) is 5.01. The van der Waals surface area contributed by atoms with Crippen LogP contribution < -0.4 is 10.7 Å². The molecule has 0 heterocycles. The smallest absolute Gasteiger partial charge is 0.273 e. The van der Waals surface area contributed by atoms with Crippen LogP contribution in [-0.4, -0.2) is 18.0 Å². The van der Waals surface area contributed by atoms with Gasteiger partial charge in [0.25, 0.3) is 11.8 Å². The number of amides is 2. The lowest BCUT2D eigenvalue weighted by Crippen LogP contribution is -2.21. The lowest BCUT2D eigenvalue weighted by molar-refractivity contribution is 0.0956. The van der Waals surface area contributed by atoms with Gasteiger partial charge in [0.15, 0.2) is 0 Å². The average Bonchev–Trinajstić information content (AvgIpc) is 2.75. The minimum atomic E-state index is -0.420. The molecule has 0 atom stereocenters. The van der Waals surface area contributed by atoms with E-state index in [4.69, 9.17) is 0 Å². The maximum absolute atomic E-state index is 12.7. The molecule has 2 amide bonds. The molecular formula is C24H22BrN3O2. The summed E-state index contributed by atoms with van der Waals surface area (Å²) >= 11 is 3.37. The monoisotopic (exact) mass is 463 g/mol. The largest absolute Gasteiger partial charge is 0.321 e. The van der Waals surface area contributed by atoms with E-state index < -0.39 is 5.91 Å². The molecule has 2 N–H and O–H groups in total. The van der Waals surface area contributed by atoms with E-state index in [-0.39, 0.29) is 5.91 Å². The number of hydrogen-bond donors (Lipinski definition) is 2. The highest BCUT2D eigenvalue weighted by Gasteiger charge is 2.15. The van der Waals surface area contributed by atoms with Crippen LogP contribution in [0.1, 0.15) is 44.3 Å². The number of halogens is 1. The number of nitrogens with one attached hydrogen (secondary N) is 2. The highest BCUT2D eigenvalue weighted by molar-refractivity contribution is 9.10. The summed E-state index contributed by atoms with van der Waals surface area (Å²) in [7, 11) is 0. The first-order valence-electron chi connectivity index (χ1n) is 9.56. The van der Waals surface area contributed by atoms with Crippen LogP contribution in [0.5, 0.6) is 0 Å². The van der Waals surface area contributed by atoms with Gasteiger partial charge in [-0.15, -0.1) is 0 Å². The van der Waals surface area contributed by atoms with Crippen molar-refractivity contribution in [3.8, 4) is 0 Å². The second-order valence-electron chi connectivity index (χ2n) is 6.81. The van der Waals surface area contributed by atoms with Gasteiger partial charge in [0.05, 0.1) is 17.5 Å². The SMILES string of the molecule is CCc1ccc(C(=O)Nc2ccc(Br)cc2C(=O)N/N=C/c2cccc(C)c2)cc1. The van der Waals surface area contributed by atoms with Gasteiger partial charge in [-0.25, -0.2) is 5.43 Å². The number of carbonyl (C=O) groups is 2. The second kappa shape index (κ2) is 9.98. The van der Waals surface area contributed by atoms with Crippen molar-refractivity contribution in [1.82, 2.24) is 5.43 Å². The van der Waals surface area contributed by atoms with Crippen molar-refractivity contribution in [1.29, 1.82) is 0 Å². The van der Waals surface area contributed by atoms with E-state index in [9.17, 15) is 9.59 Å². The van der Waals surface area contributed by atoms with Crippen LogP contribution in [0.15, 0.2) is 76.3 Å². The Kier molecular flexibility index (Phi) is 7.14. The van der Waals surface area contributed by atoms with Gasteiger partial charge in [0.2, 0.25) is 0 Å².